The molecule has 4 unspecified atom stereocenters. The minimum absolute atomic E-state index is 0.185. The number of nitriles is 1. The Morgan fingerprint density at radius 3 is 2.47 bits per heavy atom. The third kappa shape index (κ3) is 4.82. The van der Waals surface area contributed by atoms with Crippen LogP contribution in [0.1, 0.15) is 30.9 Å². The molecule has 4 aromatic rings. The third-order valence-corrected chi connectivity index (χ3v) is 8.98. The summed E-state index contributed by atoms with van der Waals surface area (Å²) in [5, 5.41) is 22.8. The van der Waals surface area contributed by atoms with E-state index in [-0.39, 0.29) is 10.9 Å². The molecule has 3 aromatic carbocycles. The summed E-state index contributed by atoms with van der Waals surface area (Å²) in [6.07, 6.45) is -3.81. The molecular formula is C27H25F3N4O3S. The van der Waals surface area contributed by atoms with Crippen molar-refractivity contribution in [3.05, 3.63) is 72.3 Å². The molecule has 1 fully saturated rings. The van der Waals surface area contributed by atoms with E-state index in [4.69, 9.17) is 0 Å². The first kappa shape index (κ1) is 26.0. The summed E-state index contributed by atoms with van der Waals surface area (Å²) in [5.41, 5.74) is 2.35. The maximum Gasteiger partial charge on any atom is 0.573 e. The van der Waals surface area contributed by atoms with E-state index in [1.165, 1.54) is 19.2 Å². The highest BCUT2D eigenvalue weighted by atomic mass is 32.2. The van der Waals surface area contributed by atoms with Gasteiger partial charge in [0.2, 0.25) is 0 Å². The monoisotopic (exact) mass is 542 g/mol. The van der Waals surface area contributed by atoms with Gasteiger partial charge < -0.3 is 14.4 Å². The Bertz CT molecular complexity index is 1650. The first-order chi connectivity index (χ1) is 18.1. The van der Waals surface area contributed by atoms with Gasteiger partial charge in [-0.25, -0.2) is 13.3 Å². The molecule has 0 radical (unpaired) electrons. The van der Waals surface area contributed by atoms with E-state index in [0.29, 0.717) is 18.4 Å². The summed E-state index contributed by atoms with van der Waals surface area (Å²) >= 11 is 0. The predicted molar refractivity (Wildman–Crippen MR) is 138 cm³/mol. The fourth-order valence-corrected chi connectivity index (χ4v) is 6.88. The van der Waals surface area contributed by atoms with Crippen LogP contribution in [-0.4, -0.2) is 39.4 Å². The summed E-state index contributed by atoms with van der Waals surface area (Å²) in [7, 11) is -1.89. The van der Waals surface area contributed by atoms with Crippen LogP contribution in [0.5, 0.6) is 5.75 Å². The minimum Gasteiger partial charge on any atom is -0.406 e. The largest absolute Gasteiger partial charge is 0.573 e. The van der Waals surface area contributed by atoms with E-state index >= 15 is 0 Å². The molecule has 1 aromatic heterocycles. The van der Waals surface area contributed by atoms with E-state index in [2.05, 4.69) is 24.5 Å². The number of benzene rings is 3. The molecule has 0 aliphatic heterocycles. The molecule has 0 spiro atoms. The number of aliphatic hydroxyl groups is 1. The number of nitrogens with zero attached hydrogens (tertiary/aromatic N) is 3. The number of aliphatic hydroxyl groups excluding tert-OH is 1. The van der Waals surface area contributed by atoms with Gasteiger partial charge in [-0.3, -0.25) is 0 Å². The van der Waals surface area contributed by atoms with E-state index < -0.39 is 34.2 Å². The van der Waals surface area contributed by atoms with Gasteiger partial charge in [-0.2, -0.15) is 5.26 Å². The van der Waals surface area contributed by atoms with Crippen LogP contribution < -0.4 is 9.46 Å². The highest BCUT2D eigenvalue weighted by molar-refractivity contribution is 7.91. The van der Waals surface area contributed by atoms with Gasteiger partial charge >= 0.3 is 6.36 Å². The average molecular weight is 543 g/mol. The summed E-state index contributed by atoms with van der Waals surface area (Å²) in [6.45, 7) is 0. The topological polar surface area (TPSA) is 99.6 Å². The summed E-state index contributed by atoms with van der Waals surface area (Å²) in [6, 6.07) is 19.2. The van der Waals surface area contributed by atoms with Crippen LogP contribution in [0.15, 0.2) is 76.0 Å². The molecule has 1 aliphatic carbocycles. The van der Waals surface area contributed by atoms with Crippen molar-refractivity contribution in [2.45, 2.75) is 48.7 Å². The van der Waals surface area contributed by atoms with Gasteiger partial charge in [0.05, 0.1) is 28.7 Å². The second-order valence-corrected chi connectivity index (χ2v) is 11.3. The van der Waals surface area contributed by atoms with Crippen molar-refractivity contribution in [2.75, 3.05) is 7.05 Å². The number of rotatable bonds is 5. The van der Waals surface area contributed by atoms with E-state index in [1.807, 2.05) is 36.4 Å². The van der Waals surface area contributed by atoms with Crippen molar-refractivity contribution in [1.82, 2.24) is 9.29 Å². The van der Waals surface area contributed by atoms with Gasteiger partial charge in [-0.05, 0) is 67.8 Å². The highest BCUT2D eigenvalue weighted by Crippen LogP contribution is 2.38. The van der Waals surface area contributed by atoms with Gasteiger partial charge in [0.1, 0.15) is 15.7 Å². The number of halogens is 3. The third-order valence-electron chi connectivity index (χ3n) is 6.94. The second-order valence-electron chi connectivity index (χ2n) is 9.17. The van der Waals surface area contributed by atoms with Gasteiger partial charge in [0.25, 0.3) is 0 Å². The zero-order chi connectivity index (χ0) is 27.1. The lowest BCUT2D eigenvalue weighted by molar-refractivity contribution is -0.274. The van der Waals surface area contributed by atoms with E-state index in [1.54, 1.807) is 6.07 Å². The van der Waals surface area contributed by atoms with Crippen molar-refractivity contribution < 1.29 is 27.2 Å². The van der Waals surface area contributed by atoms with Gasteiger partial charge in [0.15, 0.2) is 0 Å². The Hall–Kier alpha value is -3.59. The van der Waals surface area contributed by atoms with Crippen molar-refractivity contribution in [2.24, 2.45) is 4.36 Å². The number of aromatic nitrogens is 1. The predicted octanol–water partition coefficient (Wildman–Crippen LogP) is 5.68. The maximum absolute atomic E-state index is 13.8. The molecule has 4 atom stereocenters. The van der Waals surface area contributed by atoms with Crippen molar-refractivity contribution in [3.63, 3.8) is 0 Å². The molecule has 0 saturated heterocycles. The first-order valence-electron chi connectivity index (χ1n) is 12.0. The normalized spacial score (nSPS) is 21.6. The fraction of sp³-hybridized carbons (Fsp3) is 0.296. The molecule has 38 heavy (non-hydrogen) atoms. The lowest BCUT2D eigenvalue weighted by Crippen LogP contribution is -2.49. The SMILES string of the molecule is CN=S(=O)(NC1CCCC(n2c3ccccc3c3cc(C#N)ccc32)C1O)c1ccc(OC(F)(F)F)cc1. The van der Waals surface area contributed by atoms with Gasteiger partial charge in [0, 0.05) is 34.9 Å². The molecule has 1 heterocycles. The molecule has 2 N–H and O–H groups in total. The smallest absolute Gasteiger partial charge is 0.406 e. The Balaban J connectivity index is 1.47. The quantitative estimate of drug-likeness (QED) is 0.339. The van der Waals surface area contributed by atoms with E-state index in [9.17, 15) is 27.7 Å². The van der Waals surface area contributed by atoms with Crippen LogP contribution in [0.2, 0.25) is 0 Å². The Labute approximate surface area is 217 Å². The summed E-state index contributed by atoms with van der Waals surface area (Å²) in [4.78, 5) is 0.185. The second kappa shape index (κ2) is 9.94. The standard InChI is InChI=1S/C27H25F3N4O3S/c1-32-38(36,19-12-10-18(11-13-19)37-27(28,29)30)33-22-6-4-8-25(26(22)35)34-23-7-3-2-5-20(23)21-15-17(16-31)9-14-24(21)34/h2-3,5,7,9-15,22,25-26,35H,4,6,8H2,1H3,(H,32,33,36). The molecule has 7 nitrogen and oxygen atoms in total. The number of ether oxygens (including phenoxy) is 1. The van der Waals surface area contributed by atoms with Crippen molar-refractivity contribution in [3.8, 4) is 11.8 Å². The molecule has 11 heteroatoms. The molecule has 1 saturated carbocycles. The van der Waals surface area contributed by atoms with Crippen LogP contribution in [0.3, 0.4) is 0 Å². The Morgan fingerprint density at radius 1 is 1.08 bits per heavy atom. The molecular weight excluding hydrogens is 517 g/mol. The van der Waals surface area contributed by atoms with Gasteiger partial charge in [-0.15, -0.1) is 13.2 Å². The number of hydrogen-bond donors (Lipinski definition) is 2. The lowest BCUT2D eigenvalue weighted by Gasteiger charge is -2.37. The maximum atomic E-state index is 13.8. The number of alkyl halides is 3. The van der Waals surface area contributed by atoms with Crippen molar-refractivity contribution in [1.29, 1.82) is 5.26 Å². The Morgan fingerprint density at radius 2 is 1.79 bits per heavy atom. The number of fused-ring (bicyclic) bond motifs is 3. The van der Waals surface area contributed by atoms with Crippen LogP contribution in [0.4, 0.5) is 13.2 Å². The zero-order valence-corrected chi connectivity index (χ0v) is 21.2. The molecule has 0 bridgehead atoms. The molecule has 198 valence electrons. The molecule has 0 amide bonds. The number of para-hydroxylation sites is 1. The van der Waals surface area contributed by atoms with Crippen LogP contribution in [0, 0.1) is 11.3 Å². The van der Waals surface area contributed by atoms with Crippen LogP contribution in [0.25, 0.3) is 21.8 Å². The number of hydrogen-bond acceptors (Lipinski definition) is 5. The van der Waals surface area contributed by atoms with Gasteiger partial charge in [-0.1, -0.05) is 18.2 Å². The zero-order valence-electron chi connectivity index (χ0n) is 20.4. The summed E-state index contributed by atoms with van der Waals surface area (Å²) < 4.78 is 64.4. The average Bonchev–Trinajstić information content (AvgIpc) is 3.23. The molecule has 5 rings (SSSR count). The first-order valence-corrected chi connectivity index (χ1v) is 13.5. The van der Waals surface area contributed by atoms with Crippen molar-refractivity contribution >= 4 is 31.7 Å². The molecule has 1 aliphatic rings. The summed E-state index contributed by atoms with van der Waals surface area (Å²) in [5.74, 6) is -0.428. The van der Waals surface area contributed by atoms with Crippen LogP contribution in [-0.2, 0) is 9.92 Å². The van der Waals surface area contributed by atoms with Crippen LogP contribution >= 0.6 is 0 Å². The lowest BCUT2D eigenvalue weighted by atomic mass is 9.88. The van der Waals surface area contributed by atoms with E-state index in [0.717, 1.165) is 40.4 Å². The highest BCUT2D eigenvalue weighted by Gasteiger charge is 2.36. The minimum atomic E-state index is -4.83. The Kier molecular flexibility index (Phi) is 6.81. The number of nitrogens with one attached hydrogen (secondary N) is 1. The fourth-order valence-electron chi connectivity index (χ4n) is 5.25.